The van der Waals surface area contributed by atoms with E-state index in [1.807, 2.05) is 0 Å². The lowest BCUT2D eigenvalue weighted by Crippen LogP contribution is -2.46. The summed E-state index contributed by atoms with van der Waals surface area (Å²) in [5, 5.41) is 0. The molecule has 0 aromatic carbocycles. The molecule has 1 aliphatic rings. The highest BCUT2D eigenvalue weighted by Gasteiger charge is 2.24. The minimum atomic E-state index is 0.340. The third-order valence-corrected chi connectivity index (χ3v) is 3.18. The minimum absolute atomic E-state index is 0.340. The monoisotopic (exact) mass is 214 g/mol. The number of rotatable bonds is 5. The van der Waals surface area contributed by atoms with E-state index in [2.05, 4.69) is 18.7 Å². The Morgan fingerprint density at radius 3 is 2.80 bits per heavy atom. The van der Waals surface area contributed by atoms with Crippen molar-refractivity contribution in [3.8, 4) is 0 Å². The van der Waals surface area contributed by atoms with Crippen molar-refractivity contribution < 1.29 is 4.74 Å². The van der Waals surface area contributed by atoms with Gasteiger partial charge in [-0.1, -0.05) is 13.8 Å². The molecule has 0 aromatic rings. The second-order valence-electron chi connectivity index (χ2n) is 5.54. The van der Waals surface area contributed by atoms with E-state index in [-0.39, 0.29) is 0 Å². The first-order valence-electron chi connectivity index (χ1n) is 6.00. The number of piperidine rings is 1. The molecule has 0 aromatic heterocycles. The number of likely N-dealkylation sites (tertiary alicyclic amines) is 1. The van der Waals surface area contributed by atoms with E-state index in [0.717, 1.165) is 26.1 Å². The Bertz CT molecular complexity index is 182. The molecule has 15 heavy (non-hydrogen) atoms. The normalized spacial score (nSPS) is 24.4. The number of methoxy groups -OCH3 is 1. The average molecular weight is 214 g/mol. The first-order valence-corrected chi connectivity index (χ1v) is 6.00. The van der Waals surface area contributed by atoms with Crippen LogP contribution in [0, 0.1) is 5.41 Å². The van der Waals surface area contributed by atoms with Crippen LogP contribution >= 0.6 is 0 Å². The van der Waals surface area contributed by atoms with Gasteiger partial charge in [-0.2, -0.15) is 0 Å². The number of hydrogen-bond acceptors (Lipinski definition) is 3. The summed E-state index contributed by atoms with van der Waals surface area (Å²) >= 11 is 0. The summed E-state index contributed by atoms with van der Waals surface area (Å²) in [7, 11) is 1.77. The van der Waals surface area contributed by atoms with Crippen LogP contribution in [-0.4, -0.2) is 44.3 Å². The van der Waals surface area contributed by atoms with Gasteiger partial charge < -0.3 is 15.4 Å². The number of nitrogens with two attached hydrogens (primary N) is 1. The highest BCUT2D eigenvalue weighted by Crippen LogP contribution is 2.23. The van der Waals surface area contributed by atoms with Crippen LogP contribution in [0.4, 0.5) is 0 Å². The zero-order chi connectivity index (χ0) is 11.3. The molecular formula is C12H26N2O. The summed E-state index contributed by atoms with van der Waals surface area (Å²) < 4.78 is 5.14. The SMILES string of the molecule is COCCC(C)(C)CN1CCCC(N)C1. The topological polar surface area (TPSA) is 38.5 Å². The van der Waals surface area contributed by atoms with Crippen LogP contribution in [-0.2, 0) is 4.74 Å². The lowest BCUT2D eigenvalue weighted by molar-refractivity contribution is 0.101. The van der Waals surface area contributed by atoms with Crippen molar-refractivity contribution in [1.29, 1.82) is 0 Å². The van der Waals surface area contributed by atoms with Crippen molar-refractivity contribution >= 4 is 0 Å². The zero-order valence-electron chi connectivity index (χ0n) is 10.5. The number of ether oxygens (including phenoxy) is 1. The maximum atomic E-state index is 5.98. The molecule has 1 atom stereocenters. The predicted octanol–water partition coefficient (Wildman–Crippen LogP) is 1.47. The Labute approximate surface area is 94.0 Å². The van der Waals surface area contributed by atoms with Gasteiger partial charge in [-0.3, -0.25) is 0 Å². The van der Waals surface area contributed by atoms with Crippen LogP contribution in [0.15, 0.2) is 0 Å². The second-order valence-corrected chi connectivity index (χ2v) is 5.54. The van der Waals surface area contributed by atoms with E-state index in [1.165, 1.54) is 19.4 Å². The fourth-order valence-corrected chi connectivity index (χ4v) is 2.30. The molecule has 2 N–H and O–H groups in total. The number of hydrogen-bond donors (Lipinski definition) is 1. The molecule has 0 saturated carbocycles. The molecule has 1 saturated heterocycles. The Morgan fingerprint density at radius 1 is 1.47 bits per heavy atom. The molecule has 0 spiro atoms. The highest BCUT2D eigenvalue weighted by molar-refractivity contribution is 4.80. The van der Waals surface area contributed by atoms with E-state index in [9.17, 15) is 0 Å². The van der Waals surface area contributed by atoms with Gasteiger partial charge >= 0.3 is 0 Å². The summed E-state index contributed by atoms with van der Waals surface area (Å²) in [5.41, 5.74) is 6.32. The molecule has 3 nitrogen and oxygen atoms in total. The minimum Gasteiger partial charge on any atom is -0.385 e. The predicted molar refractivity (Wildman–Crippen MR) is 63.9 cm³/mol. The van der Waals surface area contributed by atoms with Crippen LogP contribution < -0.4 is 5.73 Å². The van der Waals surface area contributed by atoms with Gasteiger partial charge in [0.15, 0.2) is 0 Å². The molecular weight excluding hydrogens is 188 g/mol. The van der Waals surface area contributed by atoms with Gasteiger partial charge in [0.1, 0.15) is 0 Å². The lowest BCUT2D eigenvalue weighted by Gasteiger charge is -2.37. The summed E-state index contributed by atoms with van der Waals surface area (Å²) in [5.74, 6) is 0. The van der Waals surface area contributed by atoms with Crippen molar-refractivity contribution in [3.63, 3.8) is 0 Å². The van der Waals surface area contributed by atoms with Crippen molar-refractivity contribution in [3.05, 3.63) is 0 Å². The summed E-state index contributed by atoms with van der Waals surface area (Å²) in [6, 6.07) is 0.386. The quantitative estimate of drug-likeness (QED) is 0.753. The standard InChI is InChI=1S/C12H26N2O/c1-12(2,6-8-15-3)10-14-7-4-5-11(13)9-14/h11H,4-10,13H2,1-3H3. The van der Waals surface area contributed by atoms with Crippen molar-refractivity contribution in [2.24, 2.45) is 11.1 Å². The summed E-state index contributed by atoms with van der Waals surface area (Å²) in [4.78, 5) is 2.50. The molecule has 1 rings (SSSR count). The summed E-state index contributed by atoms with van der Waals surface area (Å²) in [6.45, 7) is 8.90. The molecule has 1 unspecified atom stereocenters. The molecule has 0 bridgehead atoms. The maximum absolute atomic E-state index is 5.98. The van der Waals surface area contributed by atoms with E-state index in [0.29, 0.717) is 11.5 Å². The third kappa shape index (κ3) is 4.96. The van der Waals surface area contributed by atoms with Gasteiger partial charge in [0.05, 0.1) is 0 Å². The second kappa shape index (κ2) is 5.83. The van der Waals surface area contributed by atoms with Crippen molar-refractivity contribution in [2.45, 2.75) is 39.2 Å². The van der Waals surface area contributed by atoms with Crippen LogP contribution in [0.25, 0.3) is 0 Å². The van der Waals surface area contributed by atoms with Gasteiger partial charge in [-0.05, 0) is 31.2 Å². The molecule has 0 aliphatic carbocycles. The Morgan fingerprint density at radius 2 is 2.20 bits per heavy atom. The van der Waals surface area contributed by atoms with Crippen LogP contribution in [0.5, 0.6) is 0 Å². The van der Waals surface area contributed by atoms with Crippen LogP contribution in [0.2, 0.25) is 0 Å². The van der Waals surface area contributed by atoms with E-state index in [1.54, 1.807) is 7.11 Å². The molecule has 1 fully saturated rings. The largest absolute Gasteiger partial charge is 0.385 e. The molecule has 0 amide bonds. The van der Waals surface area contributed by atoms with E-state index in [4.69, 9.17) is 10.5 Å². The van der Waals surface area contributed by atoms with Crippen LogP contribution in [0.3, 0.4) is 0 Å². The van der Waals surface area contributed by atoms with Gasteiger partial charge in [0.25, 0.3) is 0 Å². The fraction of sp³-hybridized carbons (Fsp3) is 1.00. The highest BCUT2D eigenvalue weighted by atomic mass is 16.5. The van der Waals surface area contributed by atoms with E-state index >= 15 is 0 Å². The summed E-state index contributed by atoms with van der Waals surface area (Å²) in [6.07, 6.45) is 3.56. The van der Waals surface area contributed by atoms with Gasteiger partial charge in [0.2, 0.25) is 0 Å². The lowest BCUT2D eigenvalue weighted by atomic mass is 9.88. The molecule has 1 heterocycles. The Hall–Kier alpha value is -0.120. The first-order chi connectivity index (χ1) is 7.03. The Kier molecular flexibility index (Phi) is 5.03. The molecule has 0 radical (unpaired) electrons. The average Bonchev–Trinajstić information content (AvgIpc) is 2.14. The molecule has 3 heteroatoms. The smallest absolute Gasteiger partial charge is 0.0467 e. The number of nitrogens with zero attached hydrogens (tertiary/aromatic N) is 1. The van der Waals surface area contributed by atoms with Gasteiger partial charge in [0, 0.05) is 32.8 Å². The molecule has 90 valence electrons. The zero-order valence-corrected chi connectivity index (χ0v) is 10.5. The van der Waals surface area contributed by atoms with E-state index < -0.39 is 0 Å². The first kappa shape index (κ1) is 12.9. The van der Waals surface area contributed by atoms with Gasteiger partial charge in [-0.15, -0.1) is 0 Å². The maximum Gasteiger partial charge on any atom is 0.0467 e. The van der Waals surface area contributed by atoms with Crippen LogP contribution in [0.1, 0.15) is 33.1 Å². The fourth-order valence-electron chi connectivity index (χ4n) is 2.30. The van der Waals surface area contributed by atoms with Gasteiger partial charge in [-0.25, -0.2) is 0 Å². The van der Waals surface area contributed by atoms with Crippen molar-refractivity contribution in [2.75, 3.05) is 33.4 Å². The van der Waals surface area contributed by atoms with Crippen molar-refractivity contribution in [1.82, 2.24) is 4.90 Å². The third-order valence-electron chi connectivity index (χ3n) is 3.18. The molecule has 1 aliphatic heterocycles. The Balaban J connectivity index is 2.31.